The van der Waals surface area contributed by atoms with E-state index in [1.165, 1.54) is 12.1 Å². The van der Waals surface area contributed by atoms with Crippen molar-refractivity contribution in [3.63, 3.8) is 0 Å². The van der Waals surface area contributed by atoms with Crippen LogP contribution in [0.3, 0.4) is 0 Å². The van der Waals surface area contributed by atoms with Gasteiger partial charge in [0.15, 0.2) is 0 Å². The summed E-state index contributed by atoms with van der Waals surface area (Å²) in [4.78, 5) is 2.06. The van der Waals surface area contributed by atoms with Crippen LogP contribution in [0.25, 0.3) is 0 Å². The van der Waals surface area contributed by atoms with Gasteiger partial charge >= 0.3 is 0 Å². The topological polar surface area (TPSA) is 27.0 Å². The van der Waals surface area contributed by atoms with E-state index in [9.17, 15) is 4.39 Å². The minimum Gasteiger partial charge on any atom is -0.301 e. The molecule has 0 aliphatic rings. The zero-order valence-electron chi connectivity index (χ0n) is 9.07. The minimum atomic E-state index is -0.216. The fraction of sp³-hybridized carbons (Fsp3) is 0.417. The van der Waals surface area contributed by atoms with E-state index in [2.05, 4.69) is 11.0 Å². The average molecular weight is 206 g/mol. The Morgan fingerprint density at radius 2 is 2.00 bits per heavy atom. The molecule has 80 valence electrons. The molecule has 3 heteroatoms. The highest BCUT2D eigenvalue weighted by Crippen LogP contribution is 2.06. The summed E-state index contributed by atoms with van der Waals surface area (Å²) in [6.45, 7) is 3.36. The number of halogens is 1. The normalized spacial score (nSPS) is 12.5. The molecule has 1 aromatic rings. The number of nitriles is 1. The van der Waals surface area contributed by atoms with Gasteiger partial charge in [0.2, 0.25) is 0 Å². The molecule has 1 rings (SSSR count). The number of rotatable bonds is 4. The van der Waals surface area contributed by atoms with Crippen LogP contribution < -0.4 is 0 Å². The quantitative estimate of drug-likeness (QED) is 0.756. The highest BCUT2D eigenvalue weighted by atomic mass is 19.1. The van der Waals surface area contributed by atoms with Gasteiger partial charge in [-0.25, -0.2) is 4.39 Å². The van der Waals surface area contributed by atoms with Gasteiger partial charge in [0, 0.05) is 13.1 Å². The molecule has 0 heterocycles. The van der Waals surface area contributed by atoms with Gasteiger partial charge in [-0.2, -0.15) is 5.26 Å². The molecule has 0 spiro atoms. The Hall–Kier alpha value is -1.40. The predicted octanol–water partition coefficient (Wildman–Crippen LogP) is 2.42. The second kappa shape index (κ2) is 5.47. The van der Waals surface area contributed by atoms with Crippen molar-refractivity contribution in [1.82, 2.24) is 4.90 Å². The molecule has 0 bridgehead atoms. The highest BCUT2D eigenvalue weighted by molar-refractivity contribution is 5.15. The van der Waals surface area contributed by atoms with Gasteiger partial charge in [0.25, 0.3) is 0 Å². The Bertz CT molecular complexity index is 340. The lowest BCUT2D eigenvalue weighted by Gasteiger charge is -2.17. The molecule has 0 aromatic heterocycles. The molecule has 0 fully saturated rings. The van der Waals surface area contributed by atoms with Crippen molar-refractivity contribution in [1.29, 1.82) is 5.26 Å². The number of benzene rings is 1. The summed E-state index contributed by atoms with van der Waals surface area (Å²) < 4.78 is 12.6. The van der Waals surface area contributed by atoms with E-state index in [1.807, 2.05) is 14.0 Å². The molecule has 15 heavy (non-hydrogen) atoms. The molecular weight excluding hydrogens is 191 g/mol. The van der Waals surface area contributed by atoms with Gasteiger partial charge in [-0.15, -0.1) is 0 Å². The van der Waals surface area contributed by atoms with Crippen LogP contribution in [0.4, 0.5) is 4.39 Å². The van der Waals surface area contributed by atoms with Gasteiger partial charge in [-0.1, -0.05) is 12.1 Å². The van der Waals surface area contributed by atoms with Crippen molar-refractivity contribution in [2.75, 3.05) is 13.6 Å². The first kappa shape index (κ1) is 11.7. The summed E-state index contributed by atoms with van der Waals surface area (Å²) in [6, 6.07) is 8.63. The first-order chi connectivity index (χ1) is 7.11. The van der Waals surface area contributed by atoms with E-state index in [1.54, 1.807) is 12.1 Å². The predicted molar refractivity (Wildman–Crippen MR) is 57.5 cm³/mol. The third-order valence-electron chi connectivity index (χ3n) is 2.17. The van der Waals surface area contributed by atoms with E-state index >= 15 is 0 Å². The summed E-state index contributed by atoms with van der Waals surface area (Å²) in [5, 5.41) is 8.66. The standard InChI is InChI=1S/C12H15FN2/c1-10(7-14)8-15(2)9-11-3-5-12(13)6-4-11/h3-6,10H,8-9H2,1-2H3/t10-/m0/s1. The molecule has 0 aliphatic carbocycles. The van der Waals surface area contributed by atoms with Crippen LogP contribution in [0, 0.1) is 23.1 Å². The third-order valence-corrected chi connectivity index (χ3v) is 2.17. The number of hydrogen-bond donors (Lipinski definition) is 0. The van der Waals surface area contributed by atoms with Crippen LogP contribution in [0.2, 0.25) is 0 Å². The summed E-state index contributed by atoms with van der Waals surface area (Å²) in [7, 11) is 1.96. The first-order valence-electron chi connectivity index (χ1n) is 4.94. The lowest BCUT2D eigenvalue weighted by molar-refractivity contribution is 0.303. The van der Waals surface area contributed by atoms with E-state index < -0.39 is 0 Å². The number of hydrogen-bond acceptors (Lipinski definition) is 2. The molecular formula is C12H15FN2. The average Bonchev–Trinajstić information content (AvgIpc) is 2.21. The van der Waals surface area contributed by atoms with Crippen molar-refractivity contribution in [3.05, 3.63) is 35.6 Å². The fourth-order valence-electron chi connectivity index (χ4n) is 1.47. The maximum absolute atomic E-state index is 12.6. The van der Waals surface area contributed by atoms with Crippen LogP contribution in [-0.4, -0.2) is 18.5 Å². The lowest BCUT2D eigenvalue weighted by Crippen LogP contribution is -2.23. The lowest BCUT2D eigenvalue weighted by atomic mass is 10.1. The van der Waals surface area contributed by atoms with Crippen LogP contribution in [0.5, 0.6) is 0 Å². The van der Waals surface area contributed by atoms with E-state index in [-0.39, 0.29) is 11.7 Å². The first-order valence-corrected chi connectivity index (χ1v) is 4.94. The van der Waals surface area contributed by atoms with Gasteiger partial charge in [0.1, 0.15) is 5.82 Å². The molecule has 1 aromatic carbocycles. The molecule has 2 nitrogen and oxygen atoms in total. The number of nitrogens with zero attached hydrogens (tertiary/aromatic N) is 2. The molecule has 0 aliphatic heterocycles. The Morgan fingerprint density at radius 1 is 1.40 bits per heavy atom. The molecule has 1 atom stereocenters. The van der Waals surface area contributed by atoms with Gasteiger partial charge in [-0.05, 0) is 31.7 Å². The second-order valence-corrected chi connectivity index (χ2v) is 3.85. The molecule has 0 amide bonds. The van der Waals surface area contributed by atoms with E-state index in [0.29, 0.717) is 0 Å². The zero-order chi connectivity index (χ0) is 11.3. The summed E-state index contributed by atoms with van der Waals surface area (Å²) in [5.41, 5.74) is 1.06. The van der Waals surface area contributed by atoms with Gasteiger partial charge in [-0.3, -0.25) is 0 Å². The minimum absolute atomic E-state index is 0.0236. The Labute approximate surface area is 89.9 Å². The fourth-order valence-corrected chi connectivity index (χ4v) is 1.47. The smallest absolute Gasteiger partial charge is 0.123 e. The Morgan fingerprint density at radius 3 is 2.53 bits per heavy atom. The Balaban J connectivity index is 2.48. The van der Waals surface area contributed by atoms with Crippen molar-refractivity contribution < 1.29 is 4.39 Å². The van der Waals surface area contributed by atoms with Crippen LogP contribution in [0.15, 0.2) is 24.3 Å². The maximum Gasteiger partial charge on any atom is 0.123 e. The van der Waals surface area contributed by atoms with Crippen LogP contribution in [0.1, 0.15) is 12.5 Å². The summed E-state index contributed by atoms with van der Waals surface area (Å²) >= 11 is 0. The van der Waals surface area contributed by atoms with Crippen molar-refractivity contribution in [2.24, 2.45) is 5.92 Å². The largest absolute Gasteiger partial charge is 0.301 e. The van der Waals surface area contributed by atoms with Crippen LogP contribution in [-0.2, 0) is 6.54 Å². The zero-order valence-corrected chi connectivity index (χ0v) is 9.07. The molecule has 0 radical (unpaired) electrons. The summed E-state index contributed by atoms with van der Waals surface area (Å²) in [5.74, 6) is -0.192. The molecule has 0 saturated carbocycles. The Kier molecular flexibility index (Phi) is 4.26. The van der Waals surface area contributed by atoms with Gasteiger partial charge in [0.05, 0.1) is 12.0 Å². The third kappa shape index (κ3) is 4.09. The molecule has 0 unspecified atom stereocenters. The van der Waals surface area contributed by atoms with E-state index in [4.69, 9.17) is 5.26 Å². The SMILES string of the molecule is C[C@@H](C#N)CN(C)Cc1ccc(F)cc1. The maximum atomic E-state index is 12.6. The van der Waals surface area contributed by atoms with Crippen molar-refractivity contribution >= 4 is 0 Å². The monoisotopic (exact) mass is 206 g/mol. The summed E-state index contributed by atoms with van der Waals surface area (Å²) in [6.07, 6.45) is 0. The molecule has 0 saturated heterocycles. The van der Waals surface area contributed by atoms with Crippen molar-refractivity contribution in [2.45, 2.75) is 13.5 Å². The van der Waals surface area contributed by atoms with E-state index in [0.717, 1.165) is 18.7 Å². The molecule has 0 N–H and O–H groups in total. The van der Waals surface area contributed by atoms with Crippen LogP contribution >= 0.6 is 0 Å². The second-order valence-electron chi connectivity index (χ2n) is 3.85. The van der Waals surface area contributed by atoms with Gasteiger partial charge < -0.3 is 4.90 Å². The van der Waals surface area contributed by atoms with Crippen molar-refractivity contribution in [3.8, 4) is 6.07 Å². The highest BCUT2D eigenvalue weighted by Gasteiger charge is 2.05.